The number of aryl methyl sites for hydroxylation is 1. The Hall–Kier alpha value is -2.84. The highest BCUT2D eigenvalue weighted by Gasteiger charge is 2.48. The SMILES string of the molecule is Cc1ccc(Cl)cc1NC(=O)C1CC1C(=O)Nc1cccc(C#N)c1. The molecule has 2 amide bonds. The molecule has 25 heavy (non-hydrogen) atoms. The standard InChI is InChI=1S/C19H16ClN3O2/c1-11-5-6-13(20)8-17(11)23-19(25)16-9-15(16)18(24)22-14-4-2-3-12(7-14)10-21/h2-8,15-16H,9H2,1H3,(H,22,24)(H,23,25). The fraction of sp³-hybridized carbons (Fsp3) is 0.211. The minimum atomic E-state index is -0.356. The average Bonchev–Trinajstić information content (AvgIpc) is 3.39. The van der Waals surface area contributed by atoms with Gasteiger partial charge in [-0.25, -0.2) is 0 Å². The summed E-state index contributed by atoms with van der Waals surface area (Å²) in [6, 6.07) is 14.0. The Morgan fingerprint density at radius 3 is 2.56 bits per heavy atom. The van der Waals surface area contributed by atoms with Gasteiger partial charge in [0.15, 0.2) is 0 Å². The quantitative estimate of drug-likeness (QED) is 0.878. The van der Waals surface area contributed by atoms with Crippen LogP contribution in [0.5, 0.6) is 0 Å². The van der Waals surface area contributed by atoms with Crippen LogP contribution in [0.4, 0.5) is 11.4 Å². The van der Waals surface area contributed by atoms with Crippen molar-refractivity contribution in [2.75, 3.05) is 10.6 Å². The van der Waals surface area contributed by atoms with Crippen LogP contribution in [0.1, 0.15) is 17.5 Å². The molecule has 0 aromatic heterocycles. The molecular weight excluding hydrogens is 338 g/mol. The number of rotatable bonds is 4. The zero-order chi connectivity index (χ0) is 18.0. The van der Waals surface area contributed by atoms with Crippen molar-refractivity contribution in [2.24, 2.45) is 11.8 Å². The maximum atomic E-state index is 12.3. The Morgan fingerprint density at radius 2 is 1.84 bits per heavy atom. The summed E-state index contributed by atoms with van der Waals surface area (Å²) in [5.41, 5.74) is 2.60. The number of amides is 2. The lowest BCUT2D eigenvalue weighted by Gasteiger charge is -2.09. The van der Waals surface area contributed by atoms with Gasteiger partial charge in [-0.3, -0.25) is 9.59 Å². The molecule has 0 spiro atoms. The van der Waals surface area contributed by atoms with Crippen LogP contribution in [0.3, 0.4) is 0 Å². The summed E-state index contributed by atoms with van der Waals surface area (Å²) in [4.78, 5) is 24.6. The number of nitrogens with zero attached hydrogens (tertiary/aromatic N) is 1. The zero-order valence-electron chi connectivity index (χ0n) is 13.5. The molecule has 0 aliphatic heterocycles. The number of benzene rings is 2. The minimum absolute atomic E-state index is 0.184. The van der Waals surface area contributed by atoms with Crippen LogP contribution >= 0.6 is 11.6 Å². The monoisotopic (exact) mass is 353 g/mol. The van der Waals surface area contributed by atoms with Gasteiger partial charge in [0, 0.05) is 16.4 Å². The van der Waals surface area contributed by atoms with Crippen molar-refractivity contribution in [2.45, 2.75) is 13.3 Å². The molecule has 0 saturated heterocycles. The van der Waals surface area contributed by atoms with Crippen LogP contribution in [0.25, 0.3) is 0 Å². The predicted octanol–water partition coefficient (Wildman–Crippen LogP) is 3.73. The summed E-state index contributed by atoms with van der Waals surface area (Å²) in [7, 11) is 0. The van der Waals surface area contributed by atoms with Crippen LogP contribution in [0.2, 0.25) is 5.02 Å². The van der Waals surface area contributed by atoms with E-state index in [1.54, 1.807) is 36.4 Å². The van der Waals surface area contributed by atoms with Gasteiger partial charge >= 0.3 is 0 Å². The number of carbonyl (C=O) groups is 2. The van der Waals surface area contributed by atoms with Gasteiger partial charge in [-0.1, -0.05) is 23.7 Å². The molecule has 5 nitrogen and oxygen atoms in total. The third kappa shape index (κ3) is 3.98. The molecule has 0 bridgehead atoms. The van der Waals surface area contributed by atoms with Crippen LogP contribution in [-0.2, 0) is 9.59 Å². The first-order chi connectivity index (χ1) is 12.0. The van der Waals surface area contributed by atoms with E-state index >= 15 is 0 Å². The van der Waals surface area contributed by atoms with Gasteiger partial charge in [-0.15, -0.1) is 0 Å². The second-order valence-electron chi connectivity index (χ2n) is 6.08. The lowest BCUT2D eigenvalue weighted by Crippen LogP contribution is -2.21. The molecule has 1 fully saturated rings. The van der Waals surface area contributed by atoms with E-state index in [-0.39, 0.29) is 23.7 Å². The summed E-state index contributed by atoms with van der Waals surface area (Å²) in [6.07, 6.45) is 0.509. The molecule has 6 heteroatoms. The van der Waals surface area contributed by atoms with E-state index in [9.17, 15) is 9.59 Å². The molecule has 2 unspecified atom stereocenters. The van der Waals surface area contributed by atoms with Crippen molar-refractivity contribution in [1.82, 2.24) is 0 Å². The first kappa shape index (κ1) is 17.0. The second-order valence-corrected chi connectivity index (χ2v) is 6.52. The Kier molecular flexibility index (Phi) is 4.73. The molecule has 3 rings (SSSR count). The highest BCUT2D eigenvalue weighted by Crippen LogP contribution is 2.40. The van der Waals surface area contributed by atoms with E-state index in [0.29, 0.717) is 28.4 Å². The van der Waals surface area contributed by atoms with E-state index in [1.807, 2.05) is 19.1 Å². The minimum Gasteiger partial charge on any atom is -0.326 e. The van der Waals surface area contributed by atoms with Crippen LogP contribution in [0.15, 0.2) is 42.5 Å². The van der Waals surface area contributed by atoms with Crippen molar-refractivity contribution in [3.05, 3.63) is 58.6 Å². The van der Waals surface area contributed by atoms with Gasteiger partial charge in [0.2, 0.25) is 11.8 Å². The van der Waals surface area contributed by atoms with Gasteiger partial charge in [-0.2, -0.15) is 5.26 Å². The molecule has 2 aromatic rings. The molecule has 0 heterocycles. The second kappa shape index (κ2) is 6.96. The normalized spacial score (nSPS) is 18.1. The number of hydrogen-bond donors (Lipinski definition) is 2. The summed E-state index contributed by atoms with van der Waals surface area (Å²) >= 11 is 5.95. The molecule has 2 aromatic carbocycles. The van der Waals surface area contributed by atoms with Crippen molar-refractivity contribution in [3.8, 4) is 6.07 Å². The van der Waals surface area contributed by atoms with Crippen molar-refractivity contribution in [3.63, 3.8) is 0 Å². The van der Waals surface area contributed by atoms with Crippen molar-refractivity contribution >= 4 is 34.8 Å². The van der Waals surface area contributed by atoms with Crippen molar-refractivity contribution < 1.29 is 9.59 Å². The summed E-state index contributed by atoms with van der Waals surface area (Å²) in [6.45, 7) is 1.88. The summed E-state index contributed by atoms with van der Waals surface area (Å²) in [5.74, 6) is -1.10. The van der Waals surface area contributed by atoms with E-state index in [4.69, 9.17) is 16.9 Å². The van der Waals surface area contributed by atoms with E-state index in [1.165, 1.54) is 0 Å². The molecule has 2 N–H and O–H groups in total. The maximum absolute atomic E-state index is 12.3. The van der Waals surface area contributed by atoms with Gasteiger partial charge in [0.05, 0.1) is 23.5 Å². The third-order valence-electron chi connectivity index (χ3n) is 4.18. The molecular formula is C19H16ClN3O2. The number of nitrogens with one attached hydrogen (secondary N) is 2. The van der Waals surface area contributed by atoms with Gasteiger partial charge < -0.3 is 10.6 Å². The topological polar surface area (TPSA) is 82.0 Å². The lowest BCUT2D eigenvalue weighted by atomic mass is 10.2. The first-order valence-electron chi connectivity index (χ1n) is 7.86. The number of carbonyl (C=O) groups excluding carboxylic acids is 2. The lowest BCUT2D eigenvalue weighted by molar-refractivity contribution is -0.122. The Bertz CT molecular complexity index is 888. The average molecular weight is 354 g/mol. The van der Waals surface area contributed by atoms with Crippen LogP contribution < -0.4 is 10.6 Å². The van der Waals surface area contributed by atoms with Gasteiger partial charge in [0.1, 0.15) is 0 Å². The van der Waals surface area contributed by atoms with E-state index in [0.717, 1.165) is 5.56 Å². The third-order valence-corrected chi connectivity index (χ3v) is 4.42. The smallest absolute Gasteiger partial charge is 0.228 e. The zero-order valence-corrected chi connectivity index (χ0v) is 14.3. The van der Waals surface area contributed by atoms with E-state index < -0.39 is 0 Å². The molecule has 1 saturated carbocycles. The molecule has 0 radical (unpaired) electrons. The molecule has 2 atom stereocenters. The highest BCUT2D eigenvalue weighted by molar-refractivity contribution is 6.31. The maximum Gasteiger partial charge on any atom is 0.228 e. The number of nitriles is 1. The Balaban J connectivity index is 1.60. The number of halogens is 1. The highest BCUT2D eigenvalue weighted by atomic mass is 35.5. The predicted molar refractivity (Wildman–Crippen MR) is 96.2 cm³/mol. The van der Waals surface area contributed by atoms with Gasteiger partial charge in [0.25, 0.3) is 0 Å². The fourth-order valence-corrected chi connectivity index (χ4v) is 2.80. The van der Waals surface area contributed by atoms with Crippen LogP contribution in [-0.4, -0.2) is 11.8 Å². The van der Waals surface area contributed by atoms with E-state index in [2.05, 4.69) is 10.6 Å². The fourth-order valence-electron chi connectivity index (χ4n) is 2.63. The first-order valence-corrected chi connectivity index (χ1v) is 8.24. The summed E-state index contributed by atoms with van der Waals surface area (Å²) in [5, 5.41) is 15.0. The molecule has 1 aliphatic rings. The number of anilines is 2. The largest absolute Gasteiger partial charge is 0.326 e. The molecule has 126 valence electrons. The summed E-state index contributed by atoms with van der Waals surface area (Å²) < 4.78 is 0. The number of hydrogen-bond acceptors (Lipinski definition) is 3. The Labute approximate surface area is 150 Å². The Morgan fingerprint density at radius 1 is 1.12 bits per heavy atom. The van der Waals surface area contributed by atoms with Gasteiger partial charge in [-0.05, 0) is 49.2 Å². The van der Waals surface area contributed by atoms with Crippen molar-refractivity contribution in [1.29, 1.82) is 5.26 Å². The molecule has 1 aliphatic carbocycles. The van der Waals surface area contributed by atoms with Crippen LogP contribution in [0, 0.1) is 30.1 Å².